The zero-order chi connectivity index (χ0) is 30.3. The minimum absolute atomic E-state index is 0.0229. The maximum atomic E-state index is 6.96. The molecule has 0 aromatic heterocycles. The summed E-state index contributed by atoms with van der Waals surface area (Å²) in [5, 5.41) is 0. The largest absolute Gasteiger partial charge is 0.458 e. The van der Waals surface area contributed by atoms with Gasteiger partial charge in [-0.2, -0.15) is 8.97 Å². The van der Waals surface area contributed by atoms with Crippen LogP contribution in [0.15, 0.2) is 176 Å². The topological polar surface area (TPSA) is 9.23 Å². The first-order valence-corrected chi connectivity index (χ1v) is 15.9. The van der Waals surface area contributed by atoms with Crippen molar-refractivity contribution in [2.45, 2.75) is 0 Å². The van der Waals surface area contributed by atoms with Crippen LogP contribution in [0.2, 0.25) is 0 Å². The third-order valence-electron chi connectivity index (χ3n) is 10.3. The zero-order valence-corrected chi connectivity index (χ0v) is 25.1. The number of ether oxygens (including phenoxy) is 1. The molecule has 0 saturated carbocycles. The highest BCUT2D eigenvalue weighted by Gasteiger charge is 2.61. The van der Waals surface area contributed by atoms with E-state index in [1.54, 1.807) is 0 Å². The van der Waals surface area contributed by atoms with Crippen LogP contribution < -0.4 is 30.1 Å². The first-order valence-electron chi connectivity index (χ1n) is 15.9. The second-order valence-corrected chi connectivity index (χ2v) is 12.3. The normalized spacial score (nSPS) is 15.4. The fourth-order valence-corrected chi connectivity index (χ4v) is 8.66. The van der Waals surface area contributed by atoms with Gasteiger partial charge in [0.1, 0.15) is 57.0 Å². The average molecular weight is 589 g/mol. The summed E-state index contributed by atoms with van der Waals surface area (Å²) in [6, 6.07) is 64.1. The highest BCUT2D eigenvalue weighted by Crippen LogP contribution is 2.59. The van der Waals surface area contributed by atoms with E-state index in [1.807, 2.05) is 0 Å². The third kappa shape index (κ3) is 3.05. The van der Waals surface area contributed by atoms with Crippen LogP contribution in [-0.4, -0.2) is 6.71 Å². The van der Waals surface area contributed by atoms with E-state index in [9.17, 15) is 0 Å². The van der Waals surface area contributed by atoms with E-state index in [0.717, 1.165) is 11.5 Å². The van der Waals surface area contributed by atoms with Gasteiger partial charge in [-0.1, -0.05) is 91.0 Å². The molecular formula is C42H29BN2O+2. The van der Waals surface area contributed by atoms with E-state index in [4.69, 9.17) is 4.74 Å². The fraction of sp³-hybridized carbons (Fsp3) is 0. The van der Waals surface area contributed by atoms with Crippen LogP contribution in [0.1, 0.15) is 0 Å². The molecule has 3 nitrogen and oxygen atoms in total. The summed E-state index contributed by atoms with van der Waals surface area (Å²) >= 11 is 0. The summed E-state index contributed by atoms with van der Waals surface area (Å²) in [6.07, 6.45) is 0. The molecular weight excluding hydrogens is 559 g/mol. The molecule has 7 aromatic carbocycles. The van der Waals surface area contributed by atoms with Gasteiger partial charge < -0.3 is 4.74 Å². The number of nitrogens with zero attached hydrogens (tertiary/aromatic N) is 2. The predicted octanol–water partition coefficient (Wildman–Crippen LogP) is 9.54. The number of rotatable bonds is 4. The highest BCUT2D eigenvalue weighted by atomic mass is 16.5. The van der Waals surface area contributed by atoms with Crippen molar-refractivity contribution in [2.24, 2.45) is 0 Å². The summed E-state index contributed by atoms with van der Waals surface area (Å²) < 4.78 is 7.89. The molecule has 10 rings (SSSR count). The lowest BCUT2D eigenvalue weighted by atomic mass is 9.32. The lowest BCUT2D eigenvalue weighted by Gasteiger charge is -2.50. The molecule has 3 heterocycles. The molecule has 0 aliphatic carbocycles. The Hall–Kier alpha value is -5.68. The number of hydrogen-bond donors (Lipinski definition) is 0. The Morgan fingerprint density at radius 3 is 0.957 bits per heavy atom. The Labute approximate surface area is 269 Å². The molecule has 7 aromatic rings. The van der Waals surface area contributed by atoms with Gasteiger partial charge in [-0.25, -0.2) is 0 Å². The van der Waals surface area contributed by atoms with Crippen LogP contribution in [-0.2, 0) is 0 Å². The Balaban J connectivity index is 1.46. The Morgan fingerprint density at radius 2 is 0.609 bits per heavy atom. The van der Waals surface area contributed by atoms with E-state index in [1.165, 1.54) is 61.9 Å². The van der Waals surface area contributed by atoms with E-state index in [2.05, 4.69) is 176 Å². The SMILES string of the molecule is c1ccc([N+]2(c3ccccc3)c3cccc4c3B3c5c(cccc5[N+](c5ccccc5)(c5ccccc5)c5cccc2c53)O4)cc1. The molecule has 4 heteroatoms. The molecule has 0 bridgehead atoms. The van der Waals surface area contributed by atoms with E-state index in [-0.39, 0.29) is 6.71 Å². The van der Waals surface area contributed by atoms with Crippen molar-refractivity contribution in [1.82, 2.24) is 8.97 Å². The number of para-hydroxylation sites is 4. The molecule has 0 N–H and O–H groups in total. The Kier molecular flexibility index (Phi) is 5.25. The smallest absolute Gasteiger partial charge is 0.282 e. The quantitative estimate of drug-likeness (QED) is 0.147. The van der Waals surface area contributed by atoms with Crippen LogP contribution >= 0.6 is 0 Å². The van der Waals surface area contributed by atoms with E-state index < -0.39 is 0 Å². The van der Waals surface area contributed by atoms with Gasteiger partial charge in [0, 0.05) is 83.7 Å². The first-order chi connectivity index (χ1) is 22.8. The number of hydrogen-bond acceptors (Lipinski definition) is 1. The number of quaternary nitrogens is 2. The van der Waals surface area contributed by atoms with Crippen molar-refractivity contribution < 1.29 is 4.74 Å². The molecule has 0 fully saturated rings. The molecule has 46 heavy (non-hydrogen) atoms. The molecule has 0 radical (unpaired) electrons. The van der Waals surface area contributed by atoms with Crippen LogP contribution in [0, 0.1) is 0 Å². The molecule has 0 saturated heterocycles. The Bertz CT molecular complexity index is 2050. The van der Waals surface area contributed by atoms with Gasteiger partial charge in [0.05, 0.1) is 5.46 Å². The molecule has 3 aliphatic rings. The second-order valence-electron chi connectivity index (χ2n) is 12.3. The first kappa shape index (κ1) is 25.6. The summed E-state index contributed by atoms with van der Waals surface area (Å²) in [4.78, 5) is 0. The third-order valence-corrected chi connectivity index (χ3v) is 10.3. The lowest BCUT2D eigenvalue weighted by molar-refractivity contribution is 0.484. The van der Waals surface area contributed by atoms with E-state index in [0.29, 0.717) is 8.97 Å². The monoisotopic (exact) mass is 588 g/mol. The minimum atomic E-state index is 0.0229. The van der Waals surface area contributed by atoms with Crippen molar-refractivity contribution in [3.05, 3.63) is 176 Å². The van der Waals surface area contributed by atoms with Gasteiger partial charge >= 0.3 is 0 Å². The van der Waals surface area contributed by atoms with Crippen LogP contribution in [0.5, 0.6) is 11.5 Å². The molecule has 0 amide bonds. The van der Waals surface area contributed by atoms with Crippen molar-refractivity contribution in [2.75, 3.05) is 0 Å². The fourth-order valence-electron chi connectivity index (χ4n) is 8.66. The summed E-state index contributed by atoms with van der Waals surface area (Å²) in [7, 11) is 0. The Morgan fingerprint density at radius 1 is 0.304 bits per heavy atom. The molecule has 3 aliphatic heterocycles. The molecule has 214 valence electrons. The van der Waals surface area contributed by atoms with Crippen LogP contribution in [0.4, 0.5) is 45.5 Å². The van der Waals surface area contributed by atoms with Gasteiger partial charge in [-0.15, -0.1) is 0 Å². The number of benzene rings is 7. The van der Waals surface area contributed by atoms with Gasteiger partial charge in [0.15, 0.2) is 0 Å². The highest BCUT2D eigenvalue weighted by molar-refractivity contribution is 7.01. The van der Waals surface area contributed by atoms with Crippen molar-refractivity contribution in [3.63, 3.8) is 0 Å². The van der Waals surface area contributed by atoms with Crippen molar-refractivity contribution >= 4 is 68.6 Å². The summed E-state index contributed by atoms with van der Waals surface area (Å²) in [6.45, 7) is 0.0229. The van der Waals surface area contributed by atoms with Gasteiger partial charge in [0.25, 0.3) is 6.71 Å². The van der Waals surface area contributed by atoms with Gasteiger partial charge in [0.2, 0.25) is 0 Å². The molecule has 0 spiro atoms. The molecule has 0 unspecified atom stereocenters. The second kappa shape index (κ2) is 9.42. The standard InChI is InChI=1S/C42H29BN2O/c1-5-16-30(17-6-1)44(31-18-7-2-8-19-31)34-24-13-25-35-40(34)43-41-36(44)26-14-28-38(41)46-39-29-15-27-37(42(39)43)45(35,32-20-9-3-10-21-32)33-22-11-4-12-23-33/h1-29H/q+2. The van der Waals surface area contributed by atoms with Crippen LogP contribution in [0.25, 0.3) is 0 Å². The molecule has 0 atom stereocenters. The van der Waals surface area contributed by atoms with Gasteiger partial charge in [-0.05, 0) is 12.1 Å². The maximum Gasteiger partial charge on any atom is 0.282 e. The summed E-state index contributed by atoms with van der Waals surface area (Å²) in [5.74, 6) is 1.86. The summed E-state index contributed by atoms with van der Waals surface area (Å²) in [5.41, 5.74) is 13.6. The maximum absolute atomic E-state index is 6.96. The zero-order valence-electron chi connectivity index (χ0n) is 25.1. The van der Waals surface area contributed by atoms with Crippen molar-refractivity contribution in [3.8, 4) is 11.5 Å². The van der Waals surface area contributed by atoms with Crippen molar-refractivity contribution in [1.29, 1.82) is 0 Å². The lowest BCUT2D eigenvalue weighted by Crippen LogP contribution is -2.68. The predicted molar refractivity (Wildman–Crippen MR) is 191 cm³/mol. The van der Waals surface area contributed by atoms with E-state index >= 15 is 0 Å². The van der Waals surface area contributed by atoms with Crippen LogP contribution in [0.3, 0.4) is 0 Å². The van der Waals surface area contributed by atoms with Gasteiger partial charge in [-0.3, -0.25) is 0 Å². The minimum Gasteiger partial charge on any atom is -0.458 e. The average Bonchev–Trinajstić information content (AvgIpc) is 3.14.